The Balaban J connectivity index is 1.28. The van der Waals surface area contributed by atoms with Gasteiger partial charge in [-0.05, 0) is 29.8 Å². The van der Waals surface area contributed by atoms with Crippen molar-refractivity contribution in [3.8, 4) is 5.75 Å². The van der Waals surface area contributed by atoms with Crippen molar-refractivity contribution in [2.75, 3.05) is 13.7 Å². The number of imide groups is 1. The van der Waals surface area contributed by atoms with Gasteiger partial charge in [0.2, 0.25) is 5.91 Å². The summed E-state index contributed by atoms with van der Waals surface area (Å²) in [4.78, 5) is 42.6. The number of nitrogens with one attached hydrogen (secondary N) is 2. The summed E-state index contributed by atoms with van der Waals surface area (Å²) in [7, 11) is 1.57. The van der Waals surface area contributed by atoms with Crippen LogP contribution in [0.4, 0.5) is 4.79 Å². The molecule has 2 aromatic carbocycles. The normalized spacial score (nSPS) is 15.9. The standard InChI is InChI=1S/C22H23N5O4/c1-31-16-8-6-15(7-9-16)13-27-21(29)18(25-22(27)30)12-20(28)23-10-11-26-14-24-17-4-2-3-5-19(17)26/h2-9,14,18H,10-13H2,1H3,(H,23,28)(H,25,30)/t18-/m0/s1. The summed E-state index contributed by atoms with van der Waals surface area (Å²) in [6.45, 7) is 1.09. The first-order valence-electron chi connectivity index (χ1n) is 9.96. The van der Waals surface area contributed by atoms with Crippen LogP contribution in [0.3, 0.4) is 0 Å². The molecular weight excluding hydrogens is 398 g/mol. The van der Waals surface area contributed by atoms with Crippen molar-refractivity contribution in [1.29, 1.82) is 0 Å². The second-order valence-corrected chi connectivity index (χ2v) is 7.26. The predicted octanol–water partition coefficient (Wildman–Crippen LogP) is 1.67. The van der Waals surface area contributed by atoms with E-state index in [0.29, 0.717) is 18.8 Å². The van der Waals surface area contributed by atoms with Gasteiger partial charge in [-0.25, -0.2) is 9.78 Å². The third-order valence-electron chi connectivity index (χ3n) is 5.20. The monoisotopic (exact) mass is 421 g/mol. The van der Waals surface area contributed by atoms with E-state index in [1.165, 1.54) is 0 Å². The summed E-state index contributed by atoms with van der Waals surface area (Å²) in [5.41, 5.74) is 2.68. The number of aromatic nitrogens is 2. The Morgan fingerprint density at radius 1 is 1.16 bits per heavy atom. The summed E-state index contributed by atoms with van der Waals surface area (Å²) in [6.07, 6.45) is 1.63. The Hall–Kier alpha value is -3.88. The van der Waals surface area contributed by atoms with Crippen molar-refractivity contribution in [3.05, 3.63) is 60.4 Å². The van der Waals surface area contributed by atoms with E-state index >= 15 is 0 Å². The molecule has 4 amide bonds. The summed E-state index contributed by atoms with van der Waals surface area (Å²) in [5, 5.41) is 5.39. The molecule has 0 saturated carbocycles. The third-order valence-corrected chi connectivity index (χ3v) is 5.20. The Morgan fingerprint density at radius 2 is 1.94 bits per heavy atom. The number of urea groups is 1. The maximum atomic E-state index is 12.6. The van der Waals surface area contributed by atoms with Crippen molar-refractivity contribution in [2.45, 2.75) is 25.6 Å². The lowest BCUT2D eigenvalue weighted by molar-refractivity contribution is -0.131. The Bertz CT molecular complexity index is 1110. The number of fused-ring (bicyclic) bond motifs is 1. The predicted molar refractivity (Wildman–Crippen MR) is 113 cm³/mol. The number of ether oxygens (including phenoxy) is 1. The van der Waals surface area contributed by atoms with Crippen LogP contribution in [0.1, 0.15) is 12.0 Å². The lowest BCUT2D eigenvalue weighted by Gasteiger charge is -2.13. The van der Waals surface area contributed by atoms with Gasteiger partial charge in [0.15, 0.2) is 0 Å². The van der Waals surface area contributed by atoms with E-state index in [0.717, 1.165) is 21.5 Å². The minimum absolute atomic E-state index is 0.103. The Kier molecular flexibility index (Phi) is 5.83. The highest BCUT2D eigenvalue weighted by Gasteiger charge is 2.38. The van der Waals surface area contributed by atoms with Gasteiger partial charge in [-0.3, -0.25) is 14.5 Å². The van der Waals surface area contributed by atoms with Gasteiger partial charge in [-0.2, -0.15) is 0 Å². The SMILES string of the molecule is COc1ccc(CN2C(=O)N[C@@H](CC(=O)NCCn3cnc4ccccc43)C2=O)cc1. The molecule has 1 saturated heterocycles. The number of rotatable bonds is 8. The number of benzene rings is 2. The van der Waals surface area contributed by atoms with E-state index in [-0.39, 0.29) is 18.9 Å². The molecule has 2 N–H and O–H groups in total. The zero-order valence-corrected chi connectivity index (χ0v) is 17.1. The molecule has 31 heavy (non-hydrogen) atoms. The summed E-state index contributed by atoms with van der Waals surface area (Å²) in [5.74, 6) is -0.00914. The minimum atomic E-state index is -0.861. The number of hydrogen-bond donors (Lipinski definition) is 2. The second kappa shape index (κ2) is 8.86. The quantitative estimate of drug-likeness (QED) is 0.539. The van der Waals surface area contributed by atoms with Crippen LogP contribution < -0.4 is 15.4 Å². The van der Waals surface area contributed by atoms with Gasteiger partial charge in [0.25, 0.3) is 5.91 Å². The molecular formula is C22H23N5O4. The van der Waals surface area contributed by atoms with Gasteiger partial charge < -0.3 is 19.9 Å². The highest BCUT2D eigenvalue weighted by Crippen LogP contribution is 2.17. The summed E-state index contributed by atoms with van der Waals surface area (Å²) >= 11 is 0. The molecule has 0 aliphatic carbocycles. The number of nitrogens with zero attached hydrogens (tertiary/aromatic N) is 3. The van der Waals surface area contributed by atoms with Crippen LogP contribution in [0, 0.1) is 0 Å². The number of carbonyl (C=O) groups excluding carboxylic acids is 3. The van der Waals surface area contributed by atoms with Gasteiger partial charge in [0.05, 0.1) is 37.4 Å². The molecule has 1 fully saturated rings. The number of amides is 4. The number of hydrogen-bond acceptors (Lipinski definition) is 5. The van der Waals surface area contributed by atoms with Crippen LogP contribution in [0.25, 0.3) is 11.0 Å². The average Bonchev–Trinajstić information content (AvgIpc) is 3.30. The molecule has 0 unspecified atom stereocenters. The molecule has 2 heterocycles. The second-order valence-electron chi connectivity index (χ2n) is 7.26. The van der Waals surface area contributed by atoms with Crippen molar-refractivity contribution < 1.29 is 19.1 Å². The van der Waals surface area contributed by atoms with Gasteiger partial charge >= 0.3 is 6.03 Å². The number of para-hydroxylation sites is 2. The van der Waals surface area contributed by atoms with E-state index in [1.54, 1.807) is 37.7 Å². The van der Waals surface area contributed by atoms with Crippen LogP contribution in [0.2, 0.25) is 0 Å². The highest BCUT2D eigenvalue weighted by atomic mass is 16.5. The molecule has 1 aliphatic heterocycles. The lowest BCUT2D eigenvalue weighted by atomic mass is 10.1. The van der Waals surface area contributed by atoms with Crippen molar-refractivity contribution in [1.82, 2.24) is 25.1 Å². The van der Waals surface area contributed by atoms with E-state index in [1.807, 2.05) is 28.8 Å². The minimum Gasteiger partial charge on any atom is -0.497 e. The molecule has 1 aromatic heterocycles. The van der Waals surface area contributed by atoms with Crippen LogP contribution in [-0.2, 0) is 22.7 Å². The third kappa shape index (κ3) is 4.50. The molecule has 160 valence electrons. The molecule has 1 atom stereocenters. The first kappa shape index (κ1) is 20.4. The molecule has 3 aromatic rings. The average molecular weight is 421 g/mol. The molecule has 9 nitrogen and oxygen atoms in total. The number of carbonyl (C=O) groups is 3. The summed E-state index contributed by atoms with van der Waals surface area (Å²) in [6, 6.07) is 13.5. The van der Waals surface area contributed by atoms with E-state index in [2.05, 4.69) is 15.6 Å². The van der Waals surface area contributed by atoms with Gasteiger partial charge in [-0.1, -0.05) is 24.3 Å². The number of methoxy groups -OCH3 is 1. The van der Waals surface area contributed by atoms with Crippen LogP contribution in [-0.4, -0.2) is 52.0 Å². The fourth-order valence-corrected chi connectivity index (χ4v) is 3.54. The Morgan fingerprint density at radius 3 is 2.71 bits per heavy atom. The maximum absolute atomic E-state index is 12.6. The fourth-order valence-electron chi connectivity index (χ4n) is 3.54. The van der Waals surface area contributed by atoms with E-state index in [4.69, 9.17) is 4.74 Å². The zero-order valence-electron chi connectivity index (χ0n) is 17.1. The molecule has 4 rings (SSSR count). The van der Waals surface area contributed by atoms with Crippen LogP contribution in [0.15, 0.2) is 54.9 Å². The number of imidazole rings is 1. The molecule has 0 bridgehead atoms. The molecule has 1 aliphatic rings. The molecule has 0 radical (unpaired) electrons. The van der Waals surface area contributed by atoms with Crippen molar-refractivity contribution >= 4 is 28.9 Å². The van der Waals surface area contributed by atoms with Crippen molar-refractivity contribution in [3.63, 3.8) is 0 Å². The van der Waals surface area contributed by atoms with Crippen LogP contribution >= 0.6 is 0 Å². The van der Waals surface area contributed by atoms with Crippen molar-refractivity contribution in [2.24, 2.45) is 0 Å². The first-order valence-corrected chi connectivity index (χ1v) is 9.96. The van der Waals surface area contributed by atoms with E-state index < -0.39 is 18.0 Å². The smallest absolute Gasteiger partial charge is 0.325 e. The van der Waals surface area contributed by atoms with Gasteiger partial charge in [0.1, 0.15) is 11.8 Å². The van der Waals surface area contributed by atoms with Gasteiger partial charge in [0, 0.05) is 13.1 Å². The van der Waals surface area contributed by atoms with E-state index in [9.17, 15) is 14.4 Å². The maximum Gasteiger partial charge on any atom is 0.325 e. The lowest BCUT2D eigenvalue weighted by Crippen LogP contribution is -2.37. The summed E-state index contributed by atoms with van der Waals surface area (Å²) < 4.78 is 7.06. The molecule has 9 heteroatoms. The topological polar surface area (TPSA) is 106 Å². The largest absolute Gasteiger partial charge is 0.497 e. The van der Waals surface area contributed by atoms with Crippen LogP contribution in [0.5, 0.6) is 5.75 Å². The fraction of sp³-hybridized carbons (Fsp3) is 0.273. The Labute approximate surface area is 179 Å². The van der Waals surface area contributed by atoms with Gasteiger partial charge in [-0.15, -0.1) is 0 Å². The highest BCUT2D eigenvalue weighted by molar-refractivity contribution is 6.05. The first-order chi connectivity index (χ1) is 15.0. The molecule has 0 spiro atoms. The zero-order chi connectivity index (χ0) is 21.8.